The Hall–Kier alpha value is -1.95. The molecule has 6 heteroatoms. The van der Waals surface area contributed by atoms with E-state index in [0.29, 0.717) is 12.1 Å². The monoisotopic (exact) mass is 293 g/mol. The van der Waals surface area contributed by atoms with E-state index < -0.39 is 4.92 Å². The number of nitrogens with one attached hydrogen (secondary N) is 1. The Morgan fingerprint density at radius 3 is 2.57 bits per heavy atom. The molecular weight excluding hydrogens is 270 g/mol. The van der Waals surface area contributed by atoms with Gasteiger partial charge in [-0.05, 0) is 26.1 Å². The third kappa shape index (κ3) is 5.91. The summed E-state index contributed by atoms with van der Waals surface area (Å²) in [5, 5.41) is 13.7. The fourth-order valence-electron chi connectivity index (χ4n) is 2.14. The maximum Gasteiger partial charge on any atom is 0.273 e. The van der Waals surface area contributed by atoms with Gasteiger partial charge in [-0.1, -0.05) is 32.0 Å². The molecule has 0 unspecified atom stereocenters. The van der Waals surface area contributed by atoms with Crippen LogP contribution in [0.25, 0.3) is 0 Å². The average Bonchev–Trinajstić information content (AvgIpc) is 2.47. The van der Waals surface area contributed by atoms with Crippen molar-refractivity contribution in [2.45, 2.75) is 26.7 Å². The second kappa shape index (κ2) is 9.07. The molecule has 1 aromatic carbocycles. The van der Waals surface area contributed by atoms with Gasteiger partial charge in [0.25, 0.3) is 5.69 Å². The molecule has 6 nitrogen and oxygen atoms in total. The second-order valence-electron chi connectivity index (χ2n) is 4.79. The quantitative estimate of drug-likeness (QED) is 0.429. The van der Waals surface area contributed by atoms with Crippen LogP contribution in [0.15, 0.2) is 24.3 Å². The van der Waals surface area contributed by atoms with E-state index in [1.54, 1.807) is 18.2 Å². The zero-order valence-corrected chi connectivity index (χ0v) is 12.7. The smallest absolute Gasteiger partial charge is 0.273 e. The van der Waals surface area contributed by atoms with Crippen molar-refractivity contribution in [1.82, 2.24) is 10.2 Å². The highest BCUT2D eigenvalue weighted by atomic mass is 16.6. The number of carbonyl (C=O) groups is 1. The first-order chi connectivity index (χ1) is 10.1. The summed E-state index contributed by atoms with van der Waals surface area (Å²) in [6.45, 7) is 7.75. The molecule has 0 aliphatic heterocycles. The van der Waals surface area contributed by atoms with Crippen molar-refractivity contribution in [3.8, 4) is 0 Å². The number of rotatable bonds is 9. The van der Waals surface area contributed by atoms with E-state index in [2.05, 4.69) is 24.1 Å². The van der Waals surface area contributed by atoms with Crippen LogP contribution >= 0.6 is 0 Å². The number of hydrogen-bond acceptors (Lipinski definition) is 4. The van der Waals surface area contributed by atoms with Crippen molar-refractivity contribution >= 4 is 11.6 Å². The Balaban J connectivity index is 2.39. The summed E-state index contributed by atoms with van der Waals surface area (Å²) in [5.74, 6) is -0.177. The zero-order chi connectivity index (χ0) is 15.7. The van der Waals surface area contributed by atoms with Gasteiger partial charge in [0, 0.05) is 18.2 Å². The van der Waals surface area contributed by atoms with Crippen molar-refractivity contribution < 1.29 is 9.72 Å². The number of nitro groups is 1. The molecule has 1 amide bonds. The normalized spacial score (nSPS) is 10.6. The minimum atomic E-state index is -0.455. The molecule has 116 valence electrons. The van der Waals surface area contributed by atoms with Crippen molar-refractivity contribution in [1.29, 1.82) is 0 Å². The molecule has 1 aromatic rings. The summed E-state index contributed by atoms with van der Waals surface area (Å²) in [7, 11) is 0. The van der Waals surface area contributed by atoms with Crippen molar-refractivity contribution in [3.05, 3.63) is 39.9 Å². The predicted octanol–water partition coefficient (Wildman–Crippen LogP) is 1.99. The van der Waals surface area contributed by atoms with Crippen molar-refractivity contribution in [3.63, 3.8) is 0 Å². The number of hydrogen-bond donors (Lipinski definition) is 1. The maximum absolute atomic E-state index is 11.8. The number of carbonyl (C=O) groups excluding carboxylic acids is 1. The molecule has 0 heterocycles. The van der Waals surface area contributed by atoms with Crippen LogP contribution in [0.2, 0.25) is 0 Å². The standard InChI is InChI=1S/C15H23N3O3/c1-3-17(4-2)11-7-10-16-15(19)12-13-8-5-6-9-14(13)18(20)21/h5-6,8-9H,3-4,7,10-12H2,1-2H3,(H,16,19). The molecule has 0 fully saturated rings. The molecule has 0 spiro atoms. The van der Waals surface area contributed by atoms with Crippen LogP contribution in [0.5, 0.6) is 0 Å². The van der Waals surface area contributed by atoms with Crippen LogP contribution in [0.3, 0.4) is 0 Å². The van der Waals surface area contributed by atoms with E-state index in [9.17, 15) is 14.9 Å². The number of nitro benzene ring substituents is 1. The summed E-state index contributed by atoms with van der Waals surface area (Å²) < 4.78 is 0. The first-order valence-electron chi connectivity index (χ1n) is 7.29. The highest BCUT2D eigenvalue weighted by molar-refractivity contribution is 5.79. The number of para-hydroxylation sites is 1. The molecule has 21 heavy (non-hydrogen) atoms. The third-order valence-electron chi connectivity index (χ3n) is 3.41. The highest BCUT2D eigenvalue weighted by Gasteiger charge is 2.15. The zero-order valence-electron chi connectivity index (χ0n) is 12.7. The summed E-state index contributed by atoms with van der Waals surface area (Å²) in [5.41, 5.74) is 0.444. The molecule has 0 aromatic heterocycles. The number of benzene rings is 1. The SMILES string of the molecule is CCN(CC)CCCNC(=O)Cc1ccccc1[N+](=O)[O-]. The molecule has 1 N–H and O–H groups in total. The minimum absolute atomic E-state index is 0.00390. The van der Waals surface area contributed by atoms with Crippen LogP contribution in [0.1, 0.15) is 25.8 Å². The lowest BCUT2D eigenvalue weighted by Gasteiger charge is -2.17. The molecule has 0 saturated carbocycles. The van der Waals surface area contributed by atoms with Gasteiger partial charge < -0.3 is 10.2 Å². The Kier molecular flexibility index (Phi) is 7.39. The molecule has 0 saturated heterocycles. The largest absolute Gasteiger partial charge is 0.356 e. The van der Waals surface area contributed by atoms with Crippen molar-refractivity contribution in [2.75, 3.05) is 26.2 Å². The molecule has 0 aliphatic carbocycles. The third-order valence-corrected chi connectivity index (χ3v) is 3.41. The van der Waals surface area contributed by atoms with E-state index >= 15 is 0 Å². The lowest BCUT2D eigenvalue weighted by atomic mass is 10.1. The first-order valence-corrected chi connectivity index (χ1v) is 7.29. The minimum Gasteiger partial charge on any atom is -0.356 e. The van der Waals surface area contributed by atoms with Crippen LogP contribution in [0.4, 0.5) is 5.69 Å². The van der Waals surface area contributed by atoms with Gasteiger partial charge in [0.1, 0.15) is 0 Å². The lowest BCUT2D eigenvalue weighted by Crippen LogP contribution is -2.30. The van der Waals surface area contributed by atoms with E-state index in [0.717, 1.165) is 26.1 Å². The fraction of sp³-hybridized carbons (Fsp3) is 0.533. The Morgan fingerprint density at radius 1 is 1.29 bits per heavy atom. The summed E-state index contributed by atoms with van der Waals surface area (Å²) in [6.07, 6.45) is 0.923. The molecule has 1 rings (SSSR count). The number of nitrogens with zero attached hydrogens (tertiary/aromatic N) is 2. The van der Waals surface area contributed by atoms with Gasteiger partial charge in [-0.25, -0.2) is 0 Å². The Labute approximate surface area is 125 Å². The van der Waals surface area contributed by atoms with Gasteiger partial charge in [-0.2, -0.15) is 0 Å². The fourth-order valence-corrected chi connectivity index (χ4v) is 2.14. The van der Waals surface area contributed by atoms with Gasteiger partial charge in [0.2, 0.25) is 5.91 Å². The molecular formula is C15H23N3O3. The molecule has 0 bridgehead atoms. The Bertz CT molecular complexity index is 473. The van der Waals surface area contributed by atoms with E-state index in [4.69, 9.17) is 0 Å². The van der Waals surface area contributed by atoms with Gasteiger partial charge in [0.15, 0.2) is 0 Å². The predicted molar refractivity (Wildman–Crippen MR) is 82.2 cm³/mol. The van der Waals surface area contributed by atoms with Crippen LogP contribution in [-0.2, 0) is 11.2 Å². The summed E-state index contributed by atoms with van der Waals surface area (Å²) >= 11 is 0. The van der Waals surface area contributed by atoms with E-state index in [-0.39, 0.29) is 18.0 Å². The second-order valence-corrected chi connectivity index (χ2v) is 4.79. The highest BCUT2D eigenvalue weighted by Crippen LogP contribution is 2.17. The summed E-state index contributed by atoms with van der Waals surface area (Å²) in [6, 6.07) is 6.34. The van der Waals surface area contributed by atoms with Crippen LogP contribution in [-0.4, -0.2) is 41.9 Å². The van der Waals surface area contributed by atoms with Gasteiger partial charge >= 0.3 is 0 Å². The molecule has 0 aliphatic rings. The topological polar surface area (TPSA) is 75.5 Å². The average molecular weight is 293 g/mol. The Morgan fingerprint density at radius 2 is 1.95 bits per heavy atom. The van der Waals surface area contributed by atoms with E-state index in [1.165, 1.54) is 6.07 Å². The van der Waals surface area contributed by atoms with Gasteiger partial charge in [-0.3, -0.25) is 14.9 Å². The van der Waals surface area contributed by atoms with Crippen LogP contribution in [0, 0.1) is 10.1 Å². The van der Waals surface area contributed by atoms with Gasteiger partial charge in [0.05, 0.1) is 11.3 Å². The summed E-state index contributed by atoms with van der Waals surface area (Å²) in [4.78, 5) is 24.5. The molecule has 0 atom stereocenters. The van der Waals surface area contributed by atoms with Crippen LogP contribution < -0.4 is 5.32 Å². The first kappa shape index (κ1) is 17.1. The maximum atomic E-state index is 11.8. The van der Waals surface area contributed by atoms with E-state index in [1.807, 2.05) is 0 Å². The van der Waals surface area contributed by atoms with Gasteiger partial charge in [-0.15, -0.1) is 0 Å². The lowest BCUT2D eigenvalue weighted by molar-refractivity contribution is -0.385. The van der Waals surface area contributed by atoms with Crippen molar-refractivity contribution in [2.24, 2.45) is 0 Å². The number of amides is 1. The molecule has 0 radical (unpaired) electrons.